The van der Waals surface area contributed by atoms with E-state index in [4.69, 9.17) is 4.74 Å². The summed E-state index contributed by atoms with van der Waals surface area (Å²) < 4.78 is 6.84. The molecular weight excluding hydrogens is 366 g/mol. The van der Waals surface area contributed by atoms with E-state index in [2.05, 4.69) is 64.0 Å². The Kier molecular flexibility index (Phi) is 6.37. The third-order valence-corrected chi connectivity index (χ3v) is 4.40. The Morgan fingerprint density at radius 2 is 1.96 bits per heavy atom. The molecule has 0 amide bonds. The van der Waals surface area contributed by atoms with Gasteiger partial charge in [-0.15, -0.1) is 0 Å². The molecule has 1 aromatic heterocycles. The normalized spacial score (nSPS) is 12.4. The molecule has 2 rings (SSSR count). The highest BCUT2D eigenvalue weighted by Gasteiger charge is 2.13. The van der Waals surface area contributed by atoms with Gasteiger partial charge >= 0.3 is 0 Å². The van der Waals surface area contributed by atoms with E-state index in [1.807, 2.05) is 38.2 Å². The Balaban J connectivity index is 2.18. The van der Waals surface area contributed by atoms with Crippen molar-refractivity contribution in [1.82, 2.24) is 9.88 Å². The number of benzene rings is 1. The molecule has 0 N–H and O–H groups in total. The van der Waals surface area contributed by atoms with Gasteiger partial charge in [0.05, 0.1) is 22.2 Å². The number of pyridine rings is 1. The number of nitrogens with zero attached hydrogens (tertiary/aromatic N) is 3. The summed E-state index contributed by atoms with van der Waals surface area (Å²) >= 11 is 3.54. The first-order chi connectivity index (χ1) is 11.4. The van der Waals surface area contributed by atoms with Crippen molar-refractivity contribution in [2.75, 3.05) is 13.6 Å². The van der Waals surface area contributed by atoms with Crippen LogP contribution in [0.5, 0.6) is 5.88 Å². The van der Waals surface area contributed by atoms with E-state index in [-0.39, 0.29) is 6.10 Å². The smallest absolute Gasteiger partial charge is 0.228 e. The number of hydrogen-bond acceptors (Lipinski definition) is 3. The minimum absolute atomic E-state index is 0.0747. The molecule has 5 heteroatoms. The Morgan fingerprint density at radius 1 is 1.29 bits per heavy atom. The van der Waals surface area contributed by atoms with E-state index < -0.39 is 0 Å². The number of aromatic nitrogens is 1. The number of halogens is 1. The van der Waals surface area contributed by atoms with Crippen LogP contribution in [0, 0.1) is 13.8 Å². The van der Waals surface area contributed by atoms with Gasteiger partial charge in [0.1, 0.15) is 6.10 Å². The van der Waals surface area contributed by atoms with E-state index >= 15 is 0 Å². The first kappa shape index (κ1) is 18.5. The van der Waals surface area contributed by atoms with Crippen LogP contribution in [-0.2, 0) is 0 Å². The third-order valence-electron chi connectivity index (χ3n) is 3.84. The minimum Gasteiger partial charge on any atom is -0.469 e. The predicted octanol–water partition coefficient (Wildman–Crippen LogP) is 5.21. The molecule has 24 heavy (non-hydrogen) atoms. The summed E-state index contributed by atoms with van der Waals surface area (Å²) in [4.78, 5) is 11.0. The molecule has 0 aliphatic rings. The average Bonchev–Trinajstić information content (AvgIpc) is 2.56. The first-order valence-electron chi connectivity index (χ1n) is 8.05. The summed E-state index contributed by atoms with van der Waals surface area (Å²) in [7, 11) is 1.99. The molecule has 1 heterocycles. The summed E-state index contributed by atoms with van der Waals surface area (Å²) in [6, 6.07) is 10.3. The van der Waals surface area contributed by atoms with Crippen molar-refractivity contribution >= 4 is 28.0 Å². The lowest BCUT2D eigenvalue weighted by Gasteiger charge is -2.16. The quantitative estimate of drug-likeness (QED) is 0.502. The lowest BCUT2D eigenvalue weighted by atomic mass is 10.1. The molecule has 0 saturated heterocycles. The van der Waals surface area contributed by atoms with Crippen LogP contribution >= 0.6 is 15.9 Å². The second kappa shape index (κ2) is 8.29. The van der Waals surface area contributed by atoms with Crippen molar-refractivity contribution in [3.63, 3.8) is 0 Å². The highest BCUT2D eigenvalue weighted by molar-refractivity contribution is 9.10. The maximum atomic E-state index is 6.03. The fraction of sp³-hybridized carbons (Fsp3) is 0.368. The third kappa shape index (κ3) is 4.81. The van der Waals surface area contributed by atoms with Crippen molar-refractivity contribution in [1.29, 1.82) is 0 Å². The molecule has 2 aromatic rings. The van der Waals surface area contributed by atoms with E-state index in [0.29, 0.717) is 5.88 Å². The van der Waals surface area contributed by atoms with Gasteiger partial charge in [0.15, 0.2) is 0 Å². The number of hydrogen-bond donors (Lipinski definition) is 0. The Labute approximate surface area is 152 Å². The Bertz CT molecular complexity index is 713. The number of rotatable bonds is 6. The van der Waals surface area contributed by atoms with Gasteiger partial charge in [0.25, 0.3) is 0 Å². The van der Waals surface area contributed by atoms with Crippen LogP contribution in [0.4, 0.5) is 5.69 Å². The minimum atomic E-state index is -0.0747. The van der Waals surface area contributed by atoms with Gasteiger partial charge in [-0.1, -0.05) is 29.8 Å². The molecule has 0 saturated carbocycles. The summed E-state index contributed by atoms with van der Waals surface area (Å²) in [6.07, 6.45) is 1.74. The topological polar surface area (TPSA) is 37.7 Å². The van der Waals surface area contributed by atoms with Crippen LogP contribution in [-0.4, -0.2) is 29.8 Å². The van der Waals surface area contributed by atoms with Crippen LogP contribution in [0.2, 0.25) is 0 Å². The van der Waals surface area contributed by atoms with Gasteiger partial charge in [-0.2, -0.15) is 0 Å². The summed E-state index contributed by atoms with van der Waals surface area (Å²) in [5.41, 5.74) is 4.03. The average molecular weight is 390 g/mol. The van der Waals surface area contributed by atoms with Crippen molar-refractivity contribution in [3.05, 3.63) is 51.6 Å². The maximum Gasteiger partial charge on any atom is 0.228 e. The zero-order valence-electron chi connectivity index (χ0n) is 14.9. The lowest BCUT2D eigenvalue weighted by molar-refractivity contribution is 0.215. The molecule has 1 unspecified atom stereocenters. The fourth-order valence-corrected chi connectivity index (χ4v) is 2.48. The second-order valence-electron chi connectivity index (χ2n) is 5.87. The molecule has 0 radical (unpaired) electrons. The van der Waals surface area contributed by atoms with E-state index in [1.165, 1.54) is 5.56 Å². The zero-order valence-corrected chi connectivity index (χ0v) is 16.5. The molecule has 1 atom stereocenters. The van der Waals surface area contributed by atoms with E-state index in [9.17, 15) is 0 Å². The largest absolute Gasteiger partial charge is 0.469 e. The number of aryl methyl sites for hydroxylation is 2. The SMILES string of the molecule is CCN(C)C=Nc1cc(Br)c(OC(C)c2ccc(C)cc2)nc1C. The van der Waals surface area contributed by atoms with Gasteiger partial charge in [-0.05, 0) is 55.3 Å². The summed E-state index contributed by atoms with van der Waals surface area (Å²) in [5.74, 6) is 0.586. The highest BCUT2D eigenvalue weighted by Crippen LogP contribution is 2.32. The van der Waals surface area contributed by atoms with Crippen molar-refractivity contribution in [3.8, 4) is 5.88 Å². The van der Waals surface area contributed by atoms with Gasteiger partial charge in [0, 0.05) is 13.6 Å². The maximum absolute atomic E-state index is 6.03. The van der Waals surface area contributed by atoms with Crippen molar-refractivity contribution in [2.24, 2.45) is 4.99 Å². The molecule has 0 bridgehead atoms. The van der Waals surface area contributed by atoms with Crippen LogP contribution < -0.4 is 4.74 Å². The summed E-state index contributed by atoms with van der Waals surface area (Å²) in [5, 5.41) is 0. The molecule has 0 spiro atoms. The van der Waals surface area contributed by atoms with Gasteiger partial charge < -0.3 is 9.64 Å². The molecule has 0 aliphatic carbocycles. The predicted molar refractivity (Wildman–Crippen MR) is 103 cm³/mol. The Hall–Kier alpha value is -1.88. The fourth-order valence-electron chi connectivity index (χ4n) is 2.08. The van der Waals surface area contributed by atoms with Crippen LogP contribution in [0.3, 0.4) is 0 Å². The summed E-state index contributed by atoms with van der Waals surface area (Å²) in [6.45, 7) is 9.03. The molecule has 0 fully saturated rings. The van der Waals surface area contributed by atoms with Gasteiger partial charge in [-0.3, -0.25) is 0 Å². The standard InChI is InChI=1S/C19H24BrN3O/c1-6-23(5)12-21-18-11-17(20)19(22-14(18)3)24-15(4)16-9-7-13(2)8-10-16/h7-12,15H,6H2,1-5H3. The molecular formula is C19H24BrN3O. The lowest BCUT2D eigenvalue weighted by Crippen LogP contribution is -2.14. The highest BCUT2D eigenvalue weighted by atomic mass is 79.9. The van der Waals surface area contributed by atoms with E-state index in [0.717, 1.165) is 28.0 Å². The first-order valence-corrected chi connectivity index (χ1v) is 8.84. The molecule has 4 nitrogen and oxygen atoms in total. The molecule has 128 valence electrons. The van der Waals surface area contributed by atoms with Crippen molar-refractivity contribution < 1.29 is 4.74 Å². The number of aliphatic imine (C=N–C) groups is 1. The number of ether oxygens (including phenoxy) is 1. The van der Waals surface area contributed by atoms with Crippen LogP contribution in [0.1, 0.15) is 36.8 Å². The zero-order chi connectivity index (χ0) is 17.7. The molecule has 0 aliphatic heterocycles. The van der Waals surface area contributed by atoms with Gasteiger partial charge in [-0.25, -0.2) is 9.98 Å². The van der Waals surface area contributed by atoms with Crippen LogP contribution in [0.25, 0.3) is 0 Å². The van der Waals surface area contributed by atoms with Gasteiger partial charge in [0.2, 0.25) is 5.88 Å². The monoisotopic (exact) mass is 389 g/mol. The molecule has 1 aromatic carbocycles. The van der Waals surface area contributed by atoms with E-state index in [1.54, 1.807) is 0 Å². The Morgan fingerprint density at radius 3 is 2.58 bits per heavy atom. The second-order valence-corrected chi connectivity index (χ2v) is 6.72. The van der Waals surface area contributed by atoms with Crippen LogP contribution in [0.15, 0.2) is 39.8 Å². The van der Waals surface area contributed by atoms with Crippen molar-refractivity contribution in [2.45, 2.75) is 33.8 Å².